The molecular weight excluding hydrogens is 221 g/mol. The fourth-order valence-corrected chi connectivity index (χ4v) is 1.41. The number of nitrogens with zero attached hydrogens (tertiary/aromatic N) is 2. The zero-order valence-electron chi connectivity index (χ0n) is 9.77. The highest BCUT2D eigenvalue weighted by Gasteiger charge is 2.14. The second kappa shape index (κ2) is 4.63. The molecule has 0 amide bonds. The van der Waals surface area contributed by atoms with Crippen molar-refractivity contribution in [1.82, 2.24) is 10.1 Å². The summed E-state index contributed by atoms with van der Waals surface area (Å²) in [6.07, 6.45) is 0.723. The summed E-state index contributed by atoms with van der Waals surface area (Å²) in [4.78, 5) is 4.15. The number of halogens is 1. The minimum absolute atomic E-state index is 0.247. The molecule has 2 N–H and O–H groups in total. The fraction of sp³-hybridized carbons (Fsp3) is 0.333. The van der Waals surface area contributed by atoms with Crippen LogP contribution in [0.2, 0.25) is 0 Å². The quantitative estimate of drug-likeness (QED) is 0.888. The molecule has 0 aliphatic heterocycles. The maximum Gasteiger partial charge on any atom is 0.258 e. The van der Waals surface area contributed by atoms with Gasteiger partial charge in [0.1, 0.15) is 5.82 Å². The molecule has 0 aliphatic carbocycles. The third kappa shape index (κ3) is 2.34. The molecule has 0 bridgehead atoms. The molecule has 0 spiro atoms. The zero-order valence-corrected chi connectivity index (χ0v) is 9.77. The normalized spacial score (nSPS) is 12.7. The minimum Gasteiger partial charge on any atom is -0.334 e. The van der Waals surface area contributed by atoms with Crippen LogP contribution in [-0.4, -0.2) is 10.1 Å². The summed E-state index contributed by atoms with van der Waals surface area (Å²) in [6, 6.07) is 4.55. The summed E-state index contributed by atoms with van der Waals surface area (Å²) < 4.78 is 18.4. The van der Waals surface area contributed by atoms with Gasteiger partial charge in [-0.1, -0.05) is 18.1 Å². The molecule has 0 radical (unpaired) electrons. The van der Waals surface area contributed by atoms with E-state index in [1.807, 2.05) is 6.92 Å². The monoisotopic (exact) mass is 235 g/mol. The van der Waals surface area contributed by atoms with E-state index in [2.05, 4.69) is 10.1 Å². The summed E-state index contributed by atoms with van der Waals surface area (Å²) in [5.41, 5.74) is 6.93. The Morgan fingerprint density at radius 3 is 2.88 bits per heavy atom. The predicted molar refractivity (Wildman–Crippen MR) is 61.6 cm³/mol. The van der Waals surface area contributed by atoms with Crippen molar-refractivity contribution in [3.63, 3.8) is 0 Å². The molecule has 0 saturated heterocycles. The lowest BCUT2D eigenvalue weighted by Gasteiger charge is -2.00. The first-order valence-corrected chi connectivity index (χ1v) is 5.47. The molecule has 1 aromatic carbocycles. The Kier molecular flexibility index (Phi) is 3.19. The second-order valence-corrected chi connectivity index (χ2v) is 3.94. The smallest absolute Gasteiger partial charge is 0.258 e. The van der Waals surface area contributed by atoms with E-state index in [0.29, 0.717) is 22.8 Å². The number of rotatable bonds is 3. The van der Waals surface area contributed by atoms with Gasteiger partial charge < -0.3 is 10.3 Å². The van der Waals surface area contributed by atoms with E-state index < -0.39 is 0 Å². The zero-order chi connectivity index (χ0) is 12.4. The van der Waals surface area contributed by atoms with Gasteiger partial charge in [0.2, 0.25) is 0 Å². The van der Waals surface area contributed by atoms with Crippen molar-refractivity contribution >= 4 is 0 Å². The molecule has 1 unspecified atom stereocenters. The second-order valence-electron chi connectivity index (χ2n) is 3.94. The van der Waals surface area contributed by atoms with E-state index in [1.165, 1.54) is 6.07 Å². The summed E-state index contributed by atoms with van der Waals surface area (Å²) in [6.45, 7) is 3.64. The van der Waals surface area contributed by atoms with Crippen LogP contribution >= 0.6 is 0 Å². The summed E-state index contributed by atoms with van der Waals surface area (Å²) in [7, 11) is 0. The molecule has 2 aromatic rings. The van der Waals surface area contributed by atoms with Gasteiger partial charge >= 0.3 is 0 Å². The van der Waals surface area contributed by atoms with E-state index >= 15 is 0 Å². The highest BCUT2D eigenvalue weighted by molar-refractivity contribution is 5.53. The van der Waals surface area contributed by atoms with Gasteiger partial charge in [-0.2, -0.15) is 4.98 Å². The van der Waals surface area contributed by atoms with Crippen molar-refractivity contribution in [2.24, 2.45) is 5.73 Å². The van der Waals surface area contributed by atoms with Gasteiger partial charge in [0.15, 0.2) is 5.82 Å². The highest BCUT2D eigenvalue weighted by atomic mass is 19.1. The lowest BCUT2D eigenvalue weighted by molar-refractivity contribution is 0.415. The third-order valence-electron chi connectivity index (χ3n) is 2.63. The van der Waals surface area contributed by atoms with Crippen LogP contribution in [-0.2, 0) is 0 Å². The largest absolute Gasteiger partial charge is 0.334 e. The van der Waals surface area contributed by atoms with E-state index in [-0.39, 0.29) is 11.9 Å². The first-order chi connectivity index (χ1) is 8.11. The predicted octanol–water partition coefficient (Wildman–Crippen LogP) is 2.59. The van der Waals surface area contributed by atoms with Crippen LogP contribution in [0.1, 0.15) is 30.8 Å². The first kappa shape index (κ1) is 11.7. The molecule has 4 nitrogen and oxygen atoms in total. The number of hydrogen-bond acceptors (Lipinski definition) is 4. The number of aryl methyl sites for hydroxylation is 1. The average molecular weight is 235 g/mol. The standard InChI is InChI=1S/C12H14FN3O/c1-3-10(14)11-15-12(17-16-11)8-5-4-7(2)9(13)6-8/h4-6,10H,3,14H2,1-2H3. The van der Waals surface area contributed by atoms with Crippen LogP contribution in [0.25, 0.3) is 11.5 Å². The Balaban J connectivity index is 2.33. The Bertz CT molecular complexity index is 524. The molecule has 0 fully saturated rings. The lowest BCUT2D eigenvalue weighted by Crippen LogP contribution is -2.10. The van der Waals surface area contributed by atoms with E-state index in [9.17, 15) is 4.39 Å². The van der Waals surface area contributed by atoms with Gasteiger partial charge in [0.25, 0.3) is 5.89 Å². The minimum atomic E-state index is -0.290. The maximum atomic E-state index is 13.4. The third-order valence-corrected chi connectivity index (χ3v) is 2.63. The Hall–Kier alpha value is -1.75. The molecule has 0 aliphatic rings. The summed E-state index contributed by atoms with van der Waals surface area (Å²) in [5.74, 6) is 0.452. The van der Waals surface area contributed by atoms with Crippen molar-refractivity contribution in [2.45, 2.75) is 26.3 Å². The first-order valence-electron chi connectivity index (χ1n) is 5.47. The molecule has 2 rings (SSSR count). The van der Waals surface area contributed by atoms with Crippen LogP contribution in [0, 0.1) is 12.7 Å². The van der Waals surface area contributed by atoms with Crippen molar-refractivity contribution < 1.29 is 8.91 Å². The number of benzene rings is 1. The number of nitrogens with two attached hydrogens (primary N) is 1. The van der Waals surface area contributed by atoms with Crippen molar-refractivity contribution in [1.29, 1.82) is 0 Å². The Morgan fingerprint density at radius 2 is 2.24 bits per heavy atom. The fourth-order valence-electron chi connectivity index (χ4n) is 1.41. The van der Waals surface area contributed by atoms with Crippen LogP contribution in [0.15, 0.2) is 22.7 Å². The Labute approximate surface area is 98.6 Å². The van der Waals surface area contributed by atoms with Gasteiger partial charge in [-0.25, -0.2) is 4.39 Å². The van der Waals surface area contributed by atoms with Crippen LogP contribution < -0.4 is 5.73 Å². The molecule has 0 saturated carbocycles. The van der Waals surface area contributed by atoms with Crippen LogP contribution in [0.5, 0.6) is 0 Å². The summed E-state index contributed by atoms with van der Waals surface area (Å²) in [5, 5.41) is 3.78. The number of aromatic nitrogens is 2. The van der Waals surface area contributed by atoms with Gasteiger partial charge in [-0.3, -0.25) is 0 Å². The maximum absolute atomic E-state index is 13.4. The average Bonchev–Trinajstić information content (AvgIpc) is 2.81. The van der Waals surface area contributed by atoms with Crippen LogP contribution in [0.3, 0.4) is 0 Å². The van der Waals surface area contributed by atoms with Gasteiger partial charge in [0.05, 0.1) is 6.04 Å². The van der Waals surface area contributed by atoms with Crippen molar-refractivity contribution in [3.8, 4) is 11.5 Å². The van der Waals surface area contributed by atoms with E-state index in [0.717, 1.165) is 6.42 Å². The number of hydrogen-bond donors (Lipinski definition) is 1. The molecular formula is C12H14FN3O. The molecule has 90 valence electrons. The van der Waals surface area contributed by atoms with Crippen LogP contribution in [0.4, 0.5) is 4.39 Å². The Morgan fingerprint density at radius 1 is 1.47 bits per heavy atom. The molecule has 5 heteroatoms. The molecule has 1 heterocycles. The van der Waals surface area contributed by atoms with Gasteiger partial charge in [0, 0.05) is 5.56 Å². The molecule has 17 heavy (non-hydrogen) atoms. The lowest BCUT2D eigenvalue weighted by atomic mass is 10.1. The van der Waals surface area contributed by atoms with E-state index in [1.54, 1.807) is 19.1 Å². The van der Waals surface area contributed by atoms with Crippen molar-refractivity contribution in [2.75, 3.05) is 0 Å². The van der Waals surface area contributed by atoms with E-state index in [4.69, 9.17) is 10.3 Å². The molecule has 1 atom stereocenters. The van der Waals surface area contributed by atoms with Gasteiger partial charge in [-0.15, -0.1) is 0 Å². The molecule has 1 aromatic heterocycles. The SMILES string of the molecule is CCC(N)c1noc(-c2ccc(C)c(F)c2)n1. The van der Waals surface area contributed by atoms with Gasteiger partial charge in [-0.05, 0) is 31.0 Å². The van der Waals surface area contributed by atoms with Crippen molar-refractivity contribution in [3.05, 3.63) is 35.4 Å². The topological polar surface area (TPSA) is 64.9 Å². The summed E-state index contributed by atoms with van der Waals surface area (Å²) >= 11 is 0. The highest BCUT2D eigenvalue weighted by Crippen LogP contribution is 2.21.